The Morgan fingerprint density at radius 2 is 1.00 bits per heavy atom. The predicted molar refractivity (Wildman–Crippen MR) is 120 cm³/mol. The third-order valence-electron chi connectivity index (χ3n) is 3.92. The molecule has 0 aliphatic carbocycles. The van der Waals surface area contributed by atoms with Gasteiger partial charge in [-0.15, -0.1) is 0 Å². The second-order valence-corrected chi connectivity index (χ2v) is 10.6. The number of hydrogen-bond acceptors (Lipinski definition) is 0. The van der Waals surface area contributed by atoms with Crippen LogP contribution in [0.2, 0.25) is 13.1 Å². The van der Waals surface area contributed by atoms with Crippen molar-refractivity contribution in [2.75, 3.05) is 0 Å². The fourth-order valence-electron chi connectivity index (χ4n) is 2.05. The predicted octanol–water partition coefficient (Wildman–Crippen LogP) is 7.65. The molecule has 1 radical (unpaired) electrons. The van der Waals surface area contributed by atoms with Gasteiger partial charge in [0.15, 0.2) is 0 Å². The third kappa shape index (κ3) is 13.9. The smallest absolute Gasteiger partial charge is 0.172 e. The maximum Gasteiger partial charge on any atom is -0.172 e. The molecule has 3 rings (SSSR count). The van der Waals surface area contributed by atoms with Gasteiger partial charge in [-0.05, 0) is 0 Å². The minimum atomic E-state index is -0.826. The van der Waals surface area contributed by atoms with E-state index in [0.717, 1.165) is 9.52 Å². The quantitative estimate of drug-likeness (QED) is 0.226. The minimum Gasteiger partial charge on any atom is -0.214 e. The van der Waals surface area contributed by atoms with Crippen LogP contribution in [0, 0.1) is 34.6 Å². The molecule has 0 saturated carbocycles. The average Bonchev–Trinajstić information content (AvgIpc) is 3.40. The Kier molecular flexibility index (Phi) is 20.9. The van der Waals surface area contributed by atoms with Crippen LogP contribution in [0.15, 0.2) is 60.7 Å². The second kappa shape index (κ2) is 19.5. The van der Waals surface area contributed by atoms with Gasteiger partial charge in [0.1, 0.15) is 0 Å². The van der Waals surface area contributed by atoms with E-state index in [9.17, 15) is 0 Å². The molecule has 0 heterocycles. The molecule has 26 heavy (non-hydrogen) atoms. The molecule has 0 N–H and O–H groups in total. The Morgan fingerprint density at radius 3 is 1.08 bits per heavy atom. The van der Waals surface area contributed by atoms with Crippen molar-refractivity contribution < 1.29 is 20.8 Å². The first kappa shape index (κ1) is 27.9. The van der Waals surface area contributed by atoms with Gasteiger partial charge in [-0.3, -0.25) is 0 Å². The average molecular weight is 487 g/mol. The summed E-state index contributed by atoms with van der Waals surface area (Å²) < 4.78 is 0. The van der Waals surface area contributed by atoms with Crippen LogP contribution >= 0.6 is 17.0 Å². The van der Waals surface area contributed by atoms with Crippen LogP contribution in [-0.2, 0) is 20.8 Å². The molecular formula is C22H32Cl2SiZr-3. The van der Waals surface area contributed by atoms with Gasteiger partial charge in [-0.1, -0.05) is 47.7 Å². The van der Waals surface area contributed by atoms with Gasteiger partial charge in [0.05, 0.1) is 0 Å². The molecule has 145 valence electrons. The molecule has 0 aliphatic rings. The minimum absolute atomic E-state index is 0.750. The van der Waals surface area contributed by atoms with Gasteiger partial charge in [0.25, 0.3) is 0 Å². The molecular weight excluding hydrogens is 454 g/mol. The number of rotatable bonds is 0. The first-order chi connectivity index (χ1) is 12.4. The van der Waals surface area contributed by atoms with Crippen LogP contribution < -0.4 is 0 Å². The van der Waals surface area contributed by atoms with Crippen molar-refractivity contribution in [3.63, 3.8) is 0 Å². The standard InChI is InChI=1S/C10H15.2C5H5.C2H7Si.2ClH.Zr/c1-6-7(2)9(4)10(5)8(6)3;2*1-2-4-5-3-1;1-3-2;;;/h1-5H3;2*1-5H;3H,1-2H3;2*1H;/q3*-1;;;;+2/p-2. The summed E-state index contributed by atoms with van der Waals surface area (Å²) in [5.41, 5.74) is 7.34. The fraction of sp³-hybridized carbons (Fsp3) is 0.318. The Balaban J connectivity index is 0. The second-order valence-electron chi connectivity index (χ2n) is 5.70. The summed E-state index contributed by atoms with van der Waals surface area (Å²) >= 11 is -0.826. The zero-order chi connectivity index (χ0) is 20.4. The van der Waals surface area contributed by atoms with Crippen LogP contribution in [-0.4, -0.2) is 9.52 Å². The first-order valence-electron chi connectivity index (χ1n) is 8.62. The van der Waals surface area contributed by atoms with Crippen molar-refractivity contribution in [1.82, 2.24) is 0 Å². The monoisotopic (exact) mass is 484 g/mol. The molecule has 4 heteroatoms. The van der Waals surface area contributed by atoms with Crippen LogP contribution in [0.3, 0.4) is 0 Å². The molecule has 0 bridgehead atoms. The Morgan fingerprint density at radius 1 is 0.769 bits per heavy atom. The van der Waals surface area contributed by atoms with Crippen molar-refractivity contribution in [1.29, 1.82) is 0 Å². The van der Waals surface area contributed by atoms with E-state index < -0.39 is 20.8 Å². The molecule has 0 unspecified atom stereocenters. The summed E-state index contributed by atoms with van der Waals surface area (Å²) in [6.07, 6.45) is 0. The molecule has 0 amide bonds. The van der Waals surface area contributed by atoms with Crippen LogP contribution in [0.5, 0.6) is 0 Å². The first-order valence-corrected chi connectivity index (χ1v) is 17.3. The van der Waals surface area contributed by atoms with Crippen LogP contribution in [0.1, 0.15) is 27.8 Å². The number of halogens is 2. The van der Waals surface area contributed by atoms with Crippen molar-refractivity contribution in [3.8, 4) is 0 Å². The Hall–Kier alpha value is -0.270. The van der Waals surface area contributed by atoms with Crippen molar-refractivity contribution in [3.05, 3.63) is 88.5 Å². The summed E-state index contributed by atoms with van der Waals surface area (Å²) in [5.74, 6) is 0. The molecule has 0 saturated heterocycles. The van der Waals surface area contributed by atoms with Gasteiger partial charge < -0.3 is 0 Å². The van der Waals surface area contributed by atoms with E-state index in [1.54, 1.807) is 0 Å². The summed E-state index contributed by atoms with van der Waals surface area (Å²) in [6, 6.07) is 20.0. The van der Waals surface area contributed by atoms with Gasteiger partial charge in [-0.2, -0.15) is 64.2 Å². The zero-order valence-electron chi connectivity index (χ0n) is 17.1. The van der Waals surface area contributed by atoms with Crippen LogP contribution in [0.4, 0.5) is 0 Å². The molecule has 0 spiro atoms. The van der Waals surface area contributed by atoms with E-state index in [-0.39, 0.29) is 0 Å². The topological polar surface area (TPSA) is 0 Å². The molecule has 0 fully saturated rings. The van der Waals surface area contributed by atoms with E-state index in [0.29, 0.717) is 0 Å². The Labute approximate surface area is 182 Å². The van der Waals surface area contributed by atoms with Gasteiger partial charge in [0.2, 0.25) is 0 Å². The normalized spacial score (nSPS) is 8.35. The molecule has 3 aromatic carbocycles. The maximum atomic E-state index is 4.93. The van der Waals surface area contributed by atoms with Crippen LogP contribution in [0.25, 0.3) is 0 Å². The van der Waals surface area contributed by atoms with E-state index in [1.165, 1.54) is 27.8 Å². The fourth-order valence-corrected chi connectivity index (χ4v) is 2.05. The molecule has 3 aromatic rings. The maximum absolute atomic E-state index is 4.93. The van der Waals surface area contributed by atoms with E-state index in [1.807, 2.05) is 60.7 Å². The van der Waals surface area contributed by atoms with E-state index >= 15 is 0 Å². The van der Waals surface area contributed by atoms with E-state index in [4.69, 9.17) is 17.0 Å². The Bertz CT molecular complexity index is 468. The third-order valence-corrected chi connectivity index (χ3v) is 3.92. The molecule has 0 atom stereocenters. The van der Waals surface area contributed by atoms with E-state index in [2.05, 4.69) is 47.7 Å². The molecule has 0 aromatic heterocycles. The largest absolute Gasteiger partial charge is 0.214 e. The SMILES string of the molecule is C[SiH]C.Cc1c(C)c(C)[c-](C)c1C.[Cl][Zr][Cl].c1cc[cH-]c1.c1cc[cH-]c1. The van der Waals surface area contributed by atoms with Crippen molar-refractivity contribution in [2.24, 2.45) is 0 Å². The summed E-state index contributed by atoms with van der Waals surface area (Å²) in [5, 5.41) is 0. The molecule has 0 nitrogen and oxygen atoms in total. The zero-order valence-corrected chi connectivity index (χ0v) is 22.2. The van der Waals surface area contributed by atoms with Gasteiger partial charge in [-0.25, -0.2) is 24.3 Å². The molecule has 0 aliphatic heterocycles. The summed E-state index contributed by atoms with van der Waals surface area (Å²) in [4.78, 5) is 0. The van der Waals surface area contributed by atoms with Gasteiger partial charge in [0, 0.05) is 9.52 Å². The summed E-state index contributed by atoms with van der Waals surface area (Å²) in [7, 11) is 10.6. The van der Waals surface area contributed by atoms with Crippen molar-refractivity contribution in [2.45, 2.75) is 47.7 Å². The van der Waals surface area contributed by atoms with Crippen molar-refractivity contribution >= 4 is 26.5 Å². The van der Waals surface area contributed by atoms with Gasteiger partial charge >= 0.3 is 37.9 Å². The number of hydrogen-bond donors (Lipinski definition) is 0. The summed E-state index contributed by atoms with van der Waals surface area (Å²) in [6.45, 7) is 15.4.